The number of nitrogens with one attached hydrogen (secondary N) is 1. The lowest BCUT2D eigenvalue weighted by molar-refractivity contribution is 0.332. The molecule has 0 heterocycles. The lowest BCUT2D eigenvalue weighted by Gasteiger charge is -2.32. The molecule has 3 N–H and O–H groups in total. The molecule has 0 amide bonds. The summed E-state index contributed by atoms with van der Waals surface area (Å²) >= 11 is 9.79. The summed E-state index contributed by atoms with van der Waals surface area (Å²) in [4.78, 5) is 0. The van der Waals surface area contributed by atoms with E-state index in [1.54, 1.807) is 0 Å². The predicted molar refractivity (Wildman–Crippen MR) is 82.3 cm³/mol. The second kappa shape index (κ2) is 6.27. The Balaban J connectivity index is 2.15. The molecule has 1 saturated carbocycles. The molecule has 2 unspecified atom stereocenters. The zero-order valence-corrected chi connectivity index (χ0v) is 13.0. The van der Waals surface area contributed by atoms with Crippen LogP contribution in [0.2, 0.25) is 5.02 Å². The predicted octanol–water partition coefficient (Wildman–Crippen LogP) is 4.34. The van der Waals surface area contributed by atoms with Crippen LogP contribution in [-0.4, -0.2) is 12.6 Å². The van der Waals surface area contributed by atoms with Crippen molar-refractivity contribution < 1.29 is 0 Å². The van der Waals surface area contributed by atoms with Crippen molar-refractivity contribution in [2.75, 3.05) is 11.9 Å². The third-order valence-corrected chi connectivity index (χ3v) is 4.86. The molecule has 0 saturated heterocycles. The van der Waals surface area contributed by atoms with Crippen LogP contribution in [0.15, 0.2) is 16.6 Å². The SMILES string of the molecule is Cc1cc(Br)c(NC2CCCCC2CN)cc1Cl. The van der Waals surface area contributed by atoms with E-state index in [0.717, 1.165) is 27.3 Å². The van der Waals surface area contributed by atoms with Gasteiger partial charge in [-0.25, -0.2) is 0 Å². The van der Waals surface area contributed by atoms with Crippen molar-refractivity contribution in [1.82, 2.24) is 0 Å². The van der Waals surface area contributed by atoms with Gasteiger partial charge in [-0.1, -0.05) is 24.4 Å². The van der Waals surface area contributed by atoms with E-state index in [0.29, 0.717) is 12.0 Å². The van der Waals surface area contributed by atoms with Crippen LogP contribution in [0.25, 0.3) is 0 Å². The summed E-state index contributed by atoms with van der Waals surface area (Å²) in [6, 6.07) is 4.53. The van der Waals surface area contributed by atoms with Gasteiger partial charge in [0.15, 0.2) is 0 Å². The van der Waals surface area contributed by atoms with E-state index in [-0.39, 0.29) is 0 Å². The van der Waals surface area contributed by atoms with Gasteiger partial charge >= 0.3 is 0 Å². The third kappa shape index (κ3) is 3.19. The molecule has 1 aromatic rings. The lowest BCUT2D eigenvalue weighted by Crippen LogP contribution is -2.36. The van der Waals surface area contributed by atoms with Gasteiger partial charge in [0.2, 0.25) is 0 Å². The Morgan fingerprint density at radius 3 is 2.83 bits per heavy atom. The molecule has 0 aliphatic heterocycles. The van der Waals surface area contributed by atoms with Gasteiger partial charge in [-0.2, -0.15) is 0 Å². The molecule has 100 valence electrons. The first-order valence-electron chi connectivity index (χ1n) is 6.54. The van der Waals surface area contributed by atoms with E-state index < -0.39 is 0 Å². The molecule has 1 aliphatic rings. The summed E-state index contributed by atoms with van der Waals surface area (Å²) in [7, 11) is 0. The number of nitrogens with two attached hydrogens (primary N) is 1. The molecule has 0 radical (unpaired) electrons. The van der Waals surface area contributed by atoms with Gasteiger partial charge in [-0.15, -0.1) is 0 Å². The zero-order valence-electron chi connectivity index (χ0n) is 10.7. The van der Waals surface area contributed by atoms with Crippen molar-refractivity contribution >= 4 is 33.2 Å². The van der Waals surface area contributed by atoms with Crippen molar-refractivity contribution in [1.29, 1.82) is 0 Å². The fraction of sp³-hybridized carbons (Fsp3) is 0.571. The number of aryl methyl sites for hydroxylation is 1. The standard InChI is InChI=1S/C14H20BrClN2/c1-9-6-11(15)14(7-12(9)16)18-13-5-3-2-4-10(13)8-17/h6-7,10,13,18H,2-5,8,17H2,1H3. The highest BCUT2D eigenvalue weighted by Gasteiger charge is 2.24. The number of halogens is 2. The Labute approximate surface area is 122 Å². The first-order valence-corrected chi connectivity index (χ1v) is 7.71. The Hall–Kier alpha value is -0.250. The van der Waals surface area contributed by atoms with Crippen molar-refractivity contribution in [2.24, 2.45) is 11.7 Å². The largest absolute Gasteiger partial charge is 0.381 e. The second-order valence-electron chi connectivity index (χ2n) is 5.11. The van der Waals surface area contributed by atoms with E-state index in [4.69, 9.17) is 17.3 Å². The van der Waals surface area contributed by atoms with Gasteiger partial charge in [-0.3, -0.25) is 0 Å². The zero-order chi connectivity index (χ0) is 13.1. The summed E-state index contributed by atoms with van der Waals surface area (Å²) in [5.74, 6) is 0.575. The van der Waals surface area contributed by atoms with Crippen LogP contribution in [0, 0.1) is 12.8 Å². The normalized spacial score (nSPS) is 24.0. The molecule has 4 heteroatoms. The molecule has 1 aliphatic carbocycles. The minimum atomic E-state index is 0.471. The minimum absolute atomic E-state index is 0.471. The lowest BCUT2D eigenvalue weighted by atomic mass is 9.84. The van der Waals surface area contributed by atoms with E-state index in [9.17, 15) is 0 Å². The molecule has 18 heavy (non-hydrogen) atoms. The molecule has 1 fully saturated rings. The maximum Gasteiger partial charge on any atom is 0.0502 e. The van der Waals surface area contributed by atoms with Crippen molar-refractivity contribution in [2.45, 2.75) is 38.6 Å². The molecule has 2 rings (SSSR count). The summed E-state index contributed by atoms with van der Waals surface area (Å²) in [5, 5.41) is 4.41. The van der Waals surface area contributed by atoms with Crippen LogP contribution < -0.4 is 11.1 Å². The van der Waals surface area contributed by atoms with E-state index in [1.165, 1.54) is 25.7 Å². The molecular weight excluding hydrogens is 312 g/mol. The third-order valence-electron chi connectivity index (χ3n) is 3.80. The molecular formula is C14H20BrClN2. The Bertz CT molecular complexity index is 423. The average molecular weight is 332 g/mol. The fourth-order valence-corrected chi connectivity index (χ4v) is 3.37. The highest BCUT2D eigenvalue weighted by Crippen LogP contribution is 2.33. The number of anilines is 1. The topological polar surface area (TPSA) is 38.0 Å². The molecule has 2 nitrogen and oxygen atoms in total. The first kappa shape index (κ1) is 14.2. The smallest absolute Gasteiger partial charge is 0.0502 e. The number of hydrogen-bond donors (Lipinski definition) is 2. The average Bonchev–Trinajstić information content (AvgIpc) is 2.36. The fourth-order valence-electron chi connectivity index (χ4n) is 2.64. The number of rotatable bonds is 3. The van der Waals surface area contributed by atoms with Crippen LogP contribution in [0.1, 0.15) is 31.2 Å². The van der Waals surface area contributed by atoms with Gasteiger partial charge in [0.05, 0.1) is 5.69 Å². The molecule has 0 bridgehead atoms. The van der Waals surface area contributed by atoms with Gasteiger partial charge < -0.3 is 11.1 Å². The summed E-state index contributed by atoms with van der Waals surface area (Å²) < 4.78 is 1.07. The summed E-state index contributed by atoms with van der Waals surface area (Å²) in [6.45, 7) is 2.77. The minimum Gasteiger partial charge on any atom is -0.381 e. The Morgan fingerprint density at radius 1 is 1.39 bits per heavy atom. The first-order chi connectivity index (χ1) is 8.61. The monoisotopic (exact) mass is 330 g/mol. The van der Waals surface area contributed by atoms with Crippen LogP contribution in [0.4, 0.5) is 5.69 Å². The van der Waals surface area contributed by atoms with Crippen molar-refractivity contribution in [3.05, 3.63) is 27.2 Å². The van der Waals surface area contributed by atoms with Crippen molar-refractivity contribution in [3.8, 4) is 0 Å². The number of benzene rings is 1. The van der Waals surface area contributed by atoms with E-state index in [1.807, 2.05) is 13.0 Å². The Kier molecular flexibility index (Phi) is 4.93. The van der Waals surface area contributed by atoms with E-state index >= 15 is 0 Å². The van der Waals surface area contributed by atoms with Crippen LogP contribution in [0.3, 0.4) is 0 Å². The van der Waals surface area contributed by atoms with Gasteiger partial charge in [0.1, 0.15) is 0 Å². The highest BCUT2D eigenvalue weighted by atomic mass is 79.9. The van der Waals surface area contributed by atoms with Gasteiger partial charge in [-0.05, 0) is 65.9 Å². The van der Waals surface area contributed by atoms with Crippen LogP contribution >= 0.6 is 27.5 Å². The maximum atomic E-state index is 6.19. The van der Waals surface area contributed by atoms with E-state index in [2.05, 4.69) is 27.3 Å². The van der Waals surface area contributed by atoms with Gasteiger partial charge in [0, 0.05) is 15.5 Å². The van der Waals surface area contributed by atoms with Crippen molar-refractivity contribution in [3.63, 3.8) is 0 Å². The summed E-state index contributed by atoms with van der Waals surface area (Å²) in [5.41, 5.74) is 8.03. The maximum absolute atomic E-state index is 6.19. The van der Waals surface area contributed by atoms with Gasteiger partial charge in [0.25, 0.3) is 0 Å². The Morgan fingerprint density at radius 2 is 2.11 bits per heavy atom. The van der Waals surface area contributed by atoms with Crippen LogP contribution in [-0.2, 0) is 0 Å². The summed E-state index contributed by atoms with van der Waals surface area (Å²) in [6.07, 6.45) is 5.01. The van der Waals surface area contributed by atoms with Crippen LogP contribution in [0.5, 0.6) is 0 Å². The molecule has 0 aromatic heterocycles. The second-order valence-corrected chi connectivity index (χ2v) is 6.37. The highest BCUT2D eigenvalue weighted by molar-refractivity contribution is 9.10. The quantitative estimate of drug-likeness (QED) is 0.864. The number of hydrogen-bond acceptors (Lipinski definition) is 2. The molecule has 0 spiro atoms. The molecule has 1 aromatic carbocycles. The molecule has 2 atom stereocenters.